The Morgan fingerprint density at radius 2 is 2.00 bits per heavy atom. The average Bonchev–Trinajstić information content (AvgIpc) is 2.62. The lowest BCUT2D eigenvalue weighted by Gasteiger charge is -2.40. The van der Waals surface area contributed by atoms with Crippen LogP contribution in [-0.4, -0.2) is 37.4 Å². The van der Waals surface area contributed by atoms with Gasteiger partial charge in [-0.25, -0.2) is 0 Å². The lowest BCUT2D eigenvalue weighted by atomic mass is 10.1. The van der Waals surface area contributed by atoms with Crippen LogP contribution in [0.4, 0.5) is 11.4 Å². The third-order valence-corrected chi connectivity index (χ3v) is 3.57. The SMILES string of the molecule is CN1CC2C(O)CCN2c2ccccc21. The zero-order valence-electron chi connectivity index (χ0n) is 8.93. The molecule has 0 spiro atoms. The van der Waals surface area contributed by atoms with E-state index in [1.807, 2.05) is 0 Å². The number of hydrogen-bond acceptors (Lipinski definition) is 3. The second-order valence-corrected chi connectivity index (χ2v) is 4.49. The minimum Gasteiger partial charge on any atom is -0.391 e. The third-order valence-electron chi connectivity index (χ3n) is 3.57. The summed E-state index contributed by atoms with van der Waals surface area (Å²) in [5.74, 6) is 0. The molecule has 80 valence electrons. The molecule has 0 radical (unpaired) electrons. The molecule has 1 saturated heterocycles. The predicted octanol–water partition coefficient (Wildman–Crippen LogP) is 1.08. The Labute approximate surface area is 89.9 Å². The van der Waals surface area contributed by atoms with Crippen molar-refractivity contribution in [3.63, 3.8) is 0 Å². The molecule has 2 aliphatic heterocycles. The Bertz CT molecular complexity index is 380. The number of hydrogen-bond donors (Lipinski definition) is 1. The van der Waals surface area contributed by atoms with Crippen LogP contribution in [0.5, 0.6) is 0 Å². The Morgan fingerprint density at radius 1 is 1.27 bits per heavy atom. The van der Waals surface area contributed by atoms with Crippen molar-refractivity contribution in [1.82, 2.24) is 0 Å². The number of likely N-dealkylation sites (N-methyl/N-ethyl adjacent to an activating group) is 1. The Balaban J connectivity index is 2.07. The zero-order valence-corrected chi connectivity index (χ0v) is 8.93. The summed E-state index contributed by atoms with van der Waals surface area (Å²) in [5, 5.41) is 9.90. The van der Waals surface area contributed by atoms with Gasteiger partial charge in [0.15, 0.2) is 0 Å². The van der Waals surface area contributed by atoms with E-state index in [1.165, 1.54) is 11.4 Å². The Morgan fingerprint density at radius 3 is 2.80 bits per heavy atom. The van der Waals surface area contributed by atoms with Crippen molar-refractivity contribution in [2.75, 3.05) is 29.9 Å². The van der Waals surface area contributed by atoms with Crippen molar-refractivity contribution in [2.45, 2.75) is 18.6 Å². The number of fused-ring (bicyclic) bond motifs is 3. The van der Waals surface area contributed by atoms with E-state index in [1.54, 1.807) is 0 Å². The van der Waals surface area contributed by atoms with Gasteiger partial charge in [-0.05, 0) is 18.6 Å². The first kappa shape index (κ1) is 9.04. The van der Waals surface area contributed by atoms with Crippen LogP contribution in [0.1, 0.15) is 6.42 Å². The van der Waals surface area contributed by atoms with E-state index < -0.39 is 0 Å². The van der Waals surface area contributed by atoms with E-state index >= 15 is 0 Å². The molecule has 1 aromatic carbocycles. The highest BCUT2D eigenvalue weighted by Gasteiger charge is 2.38. The van der Waals surface area contributed by atoms with Crippen molar-refractivity contribution in [3.8, 4) is 0 Å². The molecule has 0 amide bonds. The molecule has 2 aliphatic rings. The van der Waals surface area contributed by atoms with Crippen LogP contribution in [0.2, 0.25) is 0 Å². The van der Waals surface area contributed by atoms with Crippen molar-refractivity contribution >= 4 is 11.4 Å². The minimum absolute atomic E-state index is 0.166. The van der Waals surface area contributed by atoms with Gasteiger partial charge in [-0.1, -0.05) is 12.1 Å². The van der Waals surface area contributed by atoms with Crippen molar-refractivity contribution in [2.24, 2.45) is 0 Å². The van der Waals surface area contributed by atoms with Crippen LogP contribution in [0.3, 0.4) is 0 Å². The first-order valence-corrected chi connectivity index (χ1v) is 5.52. The fourth-order valence-electron chi connectivity index (χ4n) is 2.77. The molecule has 3 nitrogen and oxygen atoms in total. The van der Waals surface area contributed by atoms with Gasteiger partial charge < -0.3 is 14.9 Å². The normalized spacial score (nSPS) is 28.9. The summed E-state index contributed by atoms with van der Waals surface area (Å²) in [6, 6.07) is 8.72. The summed E-state index contributed by atoms with van der Waals surface area (Å²) in [6.07, 6.45) is 0.730. The molecule has 3 heteroatoms. The van der Waals surface area contributed by atoms with Crippen LogP contribution >= 0.6 is 0 Å². The molecule has 0 saturated carbocycles. The number of rotatable bonds is 0. The fourth-order valence-corrected chi connectivity index (χ4v) is 2.77. The standard InChI is InChI=1S/C12H16N2O/c1-13-8-11-12(15)6-7-14(11)10-5-3-2-4-9(10)13/h2-5,11-12,15H,6-8H2,1H3. The number of nitrogens with zero attached hydrogens (tertiary/aromatic N) is 2. The van der Waals surface area contributed by atoms with Crippen LogP contribution in [0.25, 0.3) is 0 Å². The van der Waals surface area contributed by atoms with Gasteiger partial charge in [-0.15, -0.1) is 0 Å². The van der Waals surface area contributed by atoms with Crippen LogP contribution in [0.15, 0.2) is 24.3 Å². The van der Waals surface area contributed by atoms with Crippen LogP contribution in [0, 0.1) is 0 Å². The van der Waals surface area contributed by atoms with E-state index in [9.17, 15) is 5.11 Å². The second-order valence-electron chi connectivity index (χ2n) is 4.49. The molecule has 1 aromatic rings. The third kappa shape index (κ3) is 1.23. The molecule has 0 aromatic heterocycles. The molecule has 1 N–H and O–H groups in total. The van der Waals surface area contributed by atoms with E-state index in [2.05, 4.69) is 41.1 Å². The molecular formula is C12H16N2O. The van der Waals surface area contributed by atoms with Crippen molar-refractivity contribution < 1.29 is 5.11 Å². The van der Waals surface area contributed by atoms with E-state index in [-0.39, 0.29) is 12.1 Å². The van der Waals surface area contributed by atoms with Crippen LogP contribution in [-0.2, 0) is 0 Å². The van der Waals surface area contributed by atoms with Gasteiger partial charge in [0, 0.05) is 20.1 Å². The van der Waals surface area contributed by atoms with Gasteiger partial charge in [0.05, 0.1) is 23.5 Å². The molecule has 1 fully saturated rings. The molecule has 0 aliphatic carbocycles. The maximum atomic E-state index is 9.90. The molecule has 0 bridgehead atoms. The smallest absolute Gasteiger partial charge is 0.0777 e. The molecule has 3 rings (SSSR count). The highest BCUT2D eigenvalue weighted by Crippen LogP contribution is 2.38. The lowest BCUT2D eigenvalue weighted by molar-refractivity contribution is 0.165. The Kier molecular flexibility index (Phi) is 1.89. The zero-order chi connectivity index (χ0) is 10.4. The van der Waals surface area contributed by atoms with Crippen LogP contribution < -0.4 is 9.80 Å². The van der Waals surface area contributed by atoms with Gasteiger partial charge in [-0.3, -0.25) is 0 Å². The quantitative estimate of drug-likeness (QED) is 0.685. The monoisotopic (exact) mass is 204 g/mol. The largest absolute Gasteiger partial charge is 0.391 e. The highest BCUT2D eigenvalue weighted by atomic mass is 16.3. The van der Waals surface area contributed by atoms with Crippen molar-refractivity contribution in [3.05, 3.63) is 24.3 Å². The molecular weight excluding hydrogens is 188 g/mol. The fraction of sp³-hybridized carbons (Fsp3) is 0.500. The summed E-state index contributed by atoms with van der Waals surface area (Å²) in [7, 11) is 2.10. The summed E-state index contributed by atoms with van der Waals surface area (Å²) >= 11 is 0. The topological polar surface area (TPSA) is 26.7 Å². The molecule has 2 unspecified atom stereocenters. The van der Waals surface area contributed by atoms with Gasteiger partial charge in [0.25, 0.3) is 0 Å². The first-order chi connectivity index (χ1) is 7.27. The minimum atomic E-state index is -0.166. The van der Waals surface area contributed by atoms with Gasteiger partial charge in [0.1, 0.15) is 0 Å². The van der Waals surface area contributed by atoms with E-state index in [4.69, 9.17) is 0 Å². The van der Waals surface area contributed by atoms with Crippen molar-refractivity contribution in [1.29, 1.82) is 0 Å². The number of anilines is 2. The van der Waals surface area contributed by atoms with Gasteiger partial charge in [-0.2, -0.15) is 0 Å². The average molecular weight is 204 g/mol. The van der Waals surface area contributed by atoms with E-state index in [0.717, 1.165) is 19.5 Å². The number of aliphatic hydroxyl groups is 1. The summed E-state index contributed by atoms with van der Waals surface area (Å²) < 4.78 is 0. The van der Waals surface area contributed by atoms with E-state index in [0.29, 0.717) is 0 Å². The summed E-state index contributed by atoms with van der Waals surface area (Å²) in [6.45, 7) is 1.91. The van der Waals surface area contributed by atoms with Gasteiger partial charge >= 0.3 is 0 Å². The number of benzene rings is 1. The molecule has 2 atom stereocenters. The predicted molar refractivity (Wildman–Crippen MR) is 61.5 cm³/mol. The highest BCUT2D eigenvalue weighted by molar-refractivity contribution is 5.74. The molecule has 2 heterocycles. The van der Waals surface area contributed by atoms with Gasteiger partial charge in [0.2, 0.25) is 0 Å². The first-order valence-electron chi connectivity index (χ1n) is 5.52. The summed E-state index contributed by atoms with van der Waals surface area (Å²) in [5.41, 5.74) is 2.55. The Hall–Kier alpha value is -1.22. The lowest BCUT2D eigenvalue weighted by Crippen LogP contribution is -2.48. The summed E-state index contributed by atoms with van der Waals surface area (Å²) in [4.78, 5) is 4.59. The molecule has 15 heavy (non-hydrogen) atoms. The maximum absolute atomic E-state index is 9.90. The number of para-hydroxylation sites is 2. The second kappa shape index (κ2) is 3.14. The maximum Gasteiger partial charge on any atom is 0.0777 e. The number of aliphatic hydroxyl groups excluding tert-OH is 1.